The Kier molecular flexibility index (Phi) is 4.92. The minimum atomic E-state index is -0.161. The van der Waals surface area contributed by atoms with Gasteiger partial charge in [0, 0.05) is 12.1 Å². The maximum absolute atomic E-state index is 12.8. The Morgan fingerprint density at radius 2 is 1.81 bits per heavy atom. The van der Waals surface area contributed by atoms with Gasteiger partial charge in [-0.2, -0.15) is 10.1 Å². The summed E-state index contributed by atoms with van der Waals surface area (Å²) >= 11 is 6.05. The number of carbonyl (C=O) groups is 1. The fourth-order valence-electron chi connectivity index (χ4n) is 3.59. The van der Waals surface area contributed by atoms with Crippen LogP contribution < -0.4 is 4.90 Å². The molecule has 0 N–H and O–H groups in total. The molecular weight excluding hydrogens is 364 g/mol. The highest BCUT2D eigenvalue weighted by atomic mass is 35.5. The minimum Gasteiger partial charge on any atom is -0.375 e. The van der Waals surface area contributed by atoms with E-state index in [2.05, 4.69) is 10.1 Å². The van der Waals surface area contributed by atoms with Crippen LogP contribution in [0.5, 0.6) is 0 Å². The Bertz CT molecular complexity index is 927. The minimum absolute atomic E-state index is 0.0121. The lowest BCUT2D eigenvalue weighted by molar-refractivity contribution is -0.123. The van der Waals surface area contributed by atoms with Gasteiger partial charge in [0.25, 0.3) is 5.91 Å². The average molecular weight is 383 g/mol. The van der Waals surface area contributed by atoms with E-state index in [1.54, 1.807) is 9.58 Å². The predicted molar refractivity (Wildman–Crippen MR) is 103 cm³/mol. The van der Waals surface area contributed by atoms with Crippen molar-refractivity contribution in [2.75, 3.05) is 18.6 Å². The normalized spacial score (nSPS) is 19.0. The van der Waals surface area contributed by atoms with E-state index in [1.165, 1.54) is 13.4 Å². The molecule has 0 fully saturated rings. The molecule has 1 aliphatic rings. The Labute approximate surface area is 162 Å². The van der Waals surface area contributed by atoms with Crippen LogP contribution in [-0.4, -0.2) is 34.4 Å². The van der Waals surface area contributed by atoms with Crippen LogP contribution >= 0.6 is 11.6 Å². The Balaban J connectivity index is 1.82. The standard InChI is InChI=1S/C20H19ClN4O2/c1-27-12-19(26)24-17(14-5-3-2-4-6-14)11-18(25-20(24)22-13-23-25)15-7-9-16(21)10-8-15/h2-10,13,17-18H,11-12H2,1H3/t17-,18+/m0/s1. The van der Waals surface area contributed by atoms with Crippen molar-refractivity contribution in [2.24, 2.45) is 0 Å². The van der Waals surface area contributed by atoms with Crippen LogP contribution in [0.3, 0.4) is 0 Å². The zero-order valence-corrected chi connectivity index (χ0v) is 15.6. The van der Waals surface area contributed by atoms with Crippen LogP contribution in [0.15, 0.2) is 60.9 Å². The van der Waals surface area contributed by atoms with Gasteiger partial charge in [0.15, 0.2) is 0 Å². The van der Waals surface area contributed by atoms with Gasteiger partial charge in [-0.15, -0.1) is 0 Å². The number of hydrogen-bond donors (Lipinski definition) is 0. The van der Waals surface area contributed by atoms with Gasteiger partial charge in [0.1, 0.15) is 12.9 Å². The molecule has 0 saturated carbocycles. The van der Waals surface area contributed by atoms with Crippen LogP contribution in [0.25, 0.3) is 0 Å². The number of benzene rings is 2. The summed E-state index contributed by atoms with van der Waals surface area (Å²) in [6.45, 7) is -0.0121. The Morgan fingerprint density at radius 1 is 1.11 bits per heavy atom. The molecule has 7 heteroatoms. The number of aromatic nitrogens is 3. The molecule has 27 heavy (non-hydrogen) atoms. The van der Waals surface area contributed by atoms with E-state index in [0.717, 1.165) is 11.1 Å². The number of carbonyl (C=O) groups excluding carboxylic acids is 1. The van der Waals surface area contributed by atoms with E-state index in [-0.39, 0.29) is 24.6 Å². The fourth-order valence-corrected chi connectivity index (χ4v) is 3.72. The molecule has 0 saturated heterocycles. The number of nitrogens with zero attached hydrogens (tertiary/aromatic N) is 4. The lowest BCUT2D eigenvalue weighted by atomic mass is 9.92. The van der Waals surface area contributed by atoms with Crippen molar-refractivity contribution < 1.29 is 9.53 Å². The maximum atomic E-state index is 12.8. The second-order valence-corrected chi connectivity index (χ2v) is 6.87. The molecule has 0 bridgehead atoms. The Morgan fingerprint density at radius 3 is 2.52 bits per heavy atom. The molecule has 1 aromatic heterocycles. The van der Waals surface area contributed by atoms with Gasteiger partial charge in [-0.05, 0) is 29.7 Å². The molecule has 2 aromatic carbocycles. The van der Waals surface area contributed by atoms with Crippen molar-refractivity contribution in [1.29, 1.82) is 0 Å². The summed E-state index contributed by atoms with van der Waals surface area (Å²) in [6.07, 6.45) is 2.16. The third-order valence-electron chi connectivity index (χ3n) is 4.80. The van der Waals surface area contributed by atoms with Crippen molar-refractivity contribution in [3.05, 3.63) is 77.1 Å². The smallest absolute Gasteiger partial charge is 0.255 e. The van der Waals surface area contributed by atoms with Crippen LogP contribution in [0.2, 0.25) is 5.02 Å². The molecule has 6 nitrogen and oxygen atoms in total. The lowest BCUT2D eigenvalue weighted by Crippen LogP contribution is -2.44. The van der Waals surface area contributed by atoms with Gasteiger partial charge in [0.2, 0.25) is 5.95 Å². The first-order valence-corrected chi connectivity index (χ1v) is 9.07. The van der Waals surface area contributed by atoms with E-state index in [0.29, 0.717) is 17.4 Å². The summed E-state index contributed by atoms with van der Waals surface area (Å²) < 4.78 is 6.90. The largest absolute Gasteiger partial charge is 0.375 e. The third-order valence-corrected chi connectivity index (χ3v) is 5.05. The molecule has 4 rings (SSSR count). The van der Waals surface area contributed by atoms with Gasteiger partial charge >= 0.3 is 0 Å². The number of halogens is 1. The summed E-state index contributed by atoms with van der Waals surface area (Å²) in [7, 11) is 1.51. The fraction of sp³-hybridized carbons (Fsp3) is 0.250. The third kappa shape index (κ3) is 3.34. The second-order valence-electron chi connectivity index (χ2n) is 6.43. The zero-order chi connectivity index (χ0) is 18.8. The van der Waals surface area contributed by atoms with Gasteiger partial charge in [-0.1, -0.05) is 54.1 Å². The summed E-state index contributed by atoms with van der Waals surface area (Å²) in [6, 6.07) is 17.5. The van der Waals surface area contributed by atoms with Gasteiger partial charge in [-0.25, -0.2) is 4.68 Å². The molecule has 0 radical (unpaired) electrons. The highest BCUT2D eigenvalue weighted by Gasteiger charge is 2.39. The zero-order valence-electron chi connectivity index (χ0n) is 14.8. The Hall–Kier alpha value is -2.70. The molecule has 0 unspecified atom stereocenters. The number of amides is 1. The SMILES string of the molecule is COCC(=O)N1c2ncnn2[C@@H](c2ccc(Cl)cc2)C[C@H]1c1ccccc1. The van der Waals surface area contributed by atoms with Crippen molar-refractivity contribution >= 4 is 23.5 Å². The number of fused-ring (bicyclic) bond motifs is 1. The maximum Gasteiger partial charge on any atom is 0.255 e. The molecule has 0 spiro atoms. The summed E-state index contributed by atoms with van der Waals surface area (Å²) in [5.41, 5.74) is 2.13. The van der Waals surface area contributed by atoms with Gasteiger partial charge in [-0.3, -0.25) is 9.69 Å². The lowest BCUT2D eigenvalue weighted by Gasteiger charge is -2.39. The van der Waals surface area contributed by atoms with Crippen molar-refractivity contribution in [1.82, 2.24) is 14.8 Å². The molecule has 1 amide bonds. The molecule has 138 valence electrons. The first-order chi connectivity index (χ1) is 13.2. The second kappa shape index (κ2) is 7.50. The van der Waals surface area contributed by atoms with Crippen LogP contribution in [-0.2, 0) is 9.53 Å². The first kappa shape index (κ1) is 17.7. The van der Waals surface area contributed by atoms with Crippen molar-refractivity contribution in [3.63, 3.8) is 0 Å². The number of hydrogen-bond acceptors (Lipinski definition) is 4. The molecule has 2 heterocycles. The van der Waals surface area contributed by atoms with Crippen molar-refractivity contribution in [2.45, 2.75) is 18.5 Å². The van der Waals surface area contributed by atoms with Crippen LogP contribution in [0, 0.1) is 0 Å². The summed E-state index contributed by atoms with van der Waals surface area (Å²) in [5, 5.41) is 5.08. The van der Waals surface area contributed by atoms with E-state index in [4.69, 9.17) is 16.3 Å². The number of ether oxygens (including phenoxy) is 1. The average Bonchev–Trinajstić information content (AvgIpc) is 3.18. The molecule has 1 aliphatic heterocycles. The van der Waals surface area contributed by atoms with Gasteiger partial charge in [0.05, 0.1) is 12.1 Å². The predicted octanol–water partition coefficient (Wildman–Crippen LogP) is 3.65. The van der Waals surface area contributed by atoms with E-state index >= 15 is 0 Å². The molecule has 0 aliphatic carbocycles. The highest BCUT2D eigenvalue weighted by molar-refractivity contribution is 6.30. The monoisotopic (exact) mass is 382 g/mol. The summed E-state index contributed by atoms with van der Waals surface area (Å²) in [4.78, 5) is 18.9. The van der Waals surface area contributed by atoms with E-state index in [1.807, 2.05) is 54.6 Å². The number of rotatable bonds is 4. The topological polar surface area (TPSA) is 60.2 Å². The first-order valence-electron chi connectivity index (χ1n) is 8.70. The van der Waals surface area contributed by atoms with Crippen molar-refractivity contribution in [3.8, 4) is 0 Å². The quantitative estimate of drug-likeness (QED) is 0.691. The van der Waals surface area contributed by atoms with Crippen LogP contribution in [0.1, 0.15) is 29.6 Å². The summed E-state index contributed by atoms with van der Waals surface area (Å²) in [5.74, 6) is 0.382. The molecule has 2 atom stereocenters. The van der Waals surface area contributed by atoms with E-state index in [9.17, 15) is 4.79 Å². The van der Waals surface area contributed by atoms with E-state index < -0.39 is 0 Å². The number of methoxy groups -OCH3 is 1. The van der Waals surface area contributed by atoms with Gasteiger partial charge < -0.3 is 4.74 Å². The van der Waals surface area contributed by atoms with Crippen LogP contribution in [0.4, 0.5) is 5.95 Å². The highest BCUT2D eigenvalue weighted by Crippen LogP contribution is 2.41. The number of anilines is 1. The molecule has 3 aromatic rings. The molecular formula is C20H19ClN4O2.